The molecular weight excluding hydrogens is 894 g/mol. The Morgan fingerprint density at radius 3 is 1.96 bits per heavy atom. The van der Waals surface area contributed by atoms with Crippen LogP contribution in [0.2, 0.25) is 0 Å². The molecule has 3 heterocycles. The molecule has 3 aliphatic rings. The average Bonchev–Trinajstić information content (AvgIpc) is 3.70. The van der Waals surface area contributed by atoms with Crippen LogP contribution in [-0.4, -0.2) is 236 Å². The van der Waals surface area contributed by atoms with Gasteiger partial charge in [0.1, 0.15) is 80.9 Å². The van der Waals surface area contributed by atoms with E-state index >= 15 is 0 Å². The van der Waals surface area contributed by atoms with Gasteiger partial charge in [0.05, 0.1) is 81.7 Å². The topological polar surface area (TPSA) is 326 Å². The number of likely N-dealkylation sites (tertiary alicyclic amines) is 1. The van der Waals surface area contributed by atoms with Gasteiger partial charge in [-0.15, -0.1) is 0 Å². The molecule has 3 aliphatic heterocycles. The van der Waals surface area contributed by atoms with Gasteiger partial charge in [-0.05, 0) is 60.3 Å². The van der Waals surface area contributed by atoms with E-state index in [4.69, 9.17) is 52.5 Å². The molecule has 0 aliphatic carbocycles. The Hall–Kier alpha value is -2.72. The van der Waals surface area contributed by atoms with Crippen molar-refractivity contribution < 1.29 is 110 Å². The van der Waals surface area contributed by atoms with E-state index in [1.165, 1.54) is 27.9 Å². The van der Waals surface area contributed by atoms with Crippen molar-refractivity contribution in [1.29, 1.82) is 0 Å². The van der Waals surface area contributed by atoms with Gasteiger partial charge >= 0.3 is 17.9 Å². The summed E-state index contributed by atoms with van der Waals surface area (Å²) < 4.78 is 55.9. The SMILES string of the molecule is CCC(C)(CC(C)(CC(C)(C)C(=O)OCC(O)COCCOCC1OC(OC2C(COCCO)OC(C)C(O)C2O)C(O)C(O)C1OC)C(=O)OCC(O)CO)C(=O)OCCN1CCCC1=O.[HH].[HH]. The van der Waals surface area contributed by atoms with E-state index in [-0.39, 0.29) is 87.4 Å². The molecular formula is C44H81NO22. The Morgan fingerprint density at radius 1 is 0.746 bits per heavy atom. The molecule has 0 radical (unpaired) electrons. The van der Waals surface area contributed by atoms with Gasteiger partial charge in [-0.1, -0.05) is 6.92 Å². The average molecular weight is 976 g/mol. The minimum Gasteiger partial charge on any atom is -0.463 e. The largest absolute Gasteiger partial charge is 0.463 e. The number of hydrogen-bond acceptors (Lipinski definition) is 22. The summed E-state index contributed by atoms with van der Waals surface area (Å²) in [4.78, 5) is 54.3. The van der Waals surface area contributed by atoms with Crippen LogP contribution >= 0.6 is 0 Å². The van der Waals surface area contributed by atoms with Crippen molar-refractivity contribution in [3.05, 3.63) is 0 Å². The molecule has 14 atom stereocenters. The molecule has 0 aromatic rings. The summed E-state index contributed by atoms with van der Waals surface area (Å²) in [6.07, 6.45) is -14.2. The quantitative estimate of drug-likeness (QED) is 0.0221. The van der Waals surface area contributed by atoms with Crippen LogP contribution in [0.25, 0.3) is 0 Å². The number of aliphatic hydroxyl groups is 8. The summed E-state index contributed by atoms with van der Waals surface area (Å²) in [5.41, 5.74) is -4.16. The van der Waals surface area contributed by atoms with Crippen LogP contribution in [0, 0.1) is 16.2 Å². The maximum absolute atomic E-state index is 13.7. The van der Waals surface area contributed by atoms with E-state index in [1.807, 2.05) is 0 Å². The Balaban J connectivity index is 0.0000119. The molecule has 0 saturated carbocycles. The zero-order valence-electron chi connectivity index (χ0n) is 39.9. The number of carbonyl (C=O) groups excluding carboxylic acids is 4. The predicted octanol–water partition coefficient (Wildman–Crippen LogP) is -1.93. The van der Waals surface area contributed by atoms with Gasteiger partial charge in [0.15, 0.2) is 6.29 Å². The van der Waals surface area contributed by atoms with E-state index in [0.29, 0.717) is 13.0 Å². The fourth-order valence-electron chi connectivity index (χ4n) is 8.46. The summed E-state index contributed by atoms with van der Waals surface area (Å²) in [6, 6.07) is 0. The first-order valence-electron chi connectivity index (χ1n) is 22.9. The number of ether oxygens (including phenoxy) is 10. The van der Waals surface area contributed by atoms with Crippen molar-refractivity contribution >= 4 is 23.8 Å². The third-order valence-corrected chi connectivity index (χ3v) is 12.3. The molecule has 23 heteroatoms. The van der Waals surface area contributed by atoms with Gasteiger partial charge < -0.3 is 93.1 Å². The second-order valence-electron chi connectivity index (χ2n) is 18.7. The maximum Gasteiger partial charge on any atom is 0.311 e. The molecule has 14 unspecified atom stereocenters. The molecule has 3 rings (SSSR count). The molecule has 8 N–H and O–H groups in total. The number of hydrogen-bond donors (Lipinski definition) is 8. The normalized spacial score (nSPS) is 29.7. The lowest BCUT2D eigenvalue weighted by Gasteiger charge is -2.46. The Bertz CT molecular complexity index is 1540. The number of amides is 1. The van der Waals surface area contributed by atoms with Crippen LogP contribution in [0.3, 0.4) is 0 Å². The standard InChI is InChI=1S/C44H77NO22.2H2/c1-8-43(5,40(56)62-14-12-45-11-9-10-31(45)50)25-44(6,41(57)64-20-27(48)18-47)24-42(3,4)39(55)63-21-28(49)19-60-16-17-61-22-29-36(58-7)34(53)35(54)38(66-29)67-37-30(23-59-15-13-46)65-26(2)32(51)33(37)52;;/h26-30,32-38,46-49,51-54H,8-25H2,1-7H3;2*1H. The molecule has 0 bridgehead atoms. The maximum atomic E-state index is 13.7. The third-order valence-electron chi connectivity index (χ3n) is 12.3. The molecule has 1 amide bonds. The molecule has 0 aromatic carbocycles. The fraction of sp³-hybridized carbons (Fsp3) is 0.909. The summed E-state index contributed by atoms with van der Waals surface area (Å²) >= 11 is 0. The Kier molecular flexibility index (Phi) is 24.1. The Morgan fingerprint density at radius 2 is 1.34 bits per heavy atom. The molecule has 0 aromatic heterocycles. The number of nitrogens with zero attached hydrogens (tertiary/aromatic N) is 1. The summed E-state index contributed by atoms with van der Waals surface area (Å²) in [5.74, 6) is -2.24. The van der Waals surface area contributed by atoms with Crippen LogP contribution in [-0.2, 0) is 66.5 Å². The van der Waals surface area contributed by atoms with Crippen LogP contribution in [0.4, 0.5) is 0 Å². The minimum absolute atomic E-state index is 0. The summed E-state index contributed by atoms with van der Waals surface area (Å²) in [7, 11) is 1.30. The van der Waals surface area contributed by atoms with Crippen molar-refractivity contribution in [3.63, 3.8) is 0 Å². The number of esters is 3. The number of rotatable bonds is 30. The summed E-state index contributed by atoms with van der Waals surface area (Å²) in [6.45, 7) is 7.60. The highest BCUT2D eigenvalue weighted by molar-refractivity contribution is 5.83. The minimum atomic E-state index is -1.65. The van der Waals surface area contributed by atoms with E-state index in [0.717, 1.165) is 6.42 Å². The van der Waals surface area contributed by atoms with Crippen LogP contribution < -0.4 is 0 Å². The van der Waals surface area contributed by atoms with Crippen molar-refractivity contribution in [2.45, 2.75) is 147 Å². The lowest BCUT2D eigenvalue weighted by atomic mass is 9.65. The molecule has 3 saturated heterocycles. The molecule has 67 heavy (non-hydrogen) atoms. The Labute approximate surface area is 394 Å². The van der Waals surface area contributed by atoms with E-state index in [2.05, 4.69) is 0 Å². The molecule has 0 spiro atoms. The van der Waals surface area contributed by atoms with E-state index in [9.17, 15) is 54.9 Å². The molecule has 394 valence electrons. The highest BCUT2D eigenvalue weighted by atomic mass is 16.7. The van der Waals surface area contributed by atoms with E-state index < -0.39 is 127 Å². The first-order chi connectivity index (χ1) is 31.6. The lowest BCUT2D eigenvalue weighted by molar-refractivity contribution is -0.344. The van der Waals surface area contributed by atoms with Gasteiger partial charge in [-0.25, -0.2) is 0 Å². The summed E-state index contributed by atoms with van der Waals surface area (Å²) in [5, 5.41) is 81.9. The van der Waals surface area contributed by atoms with Crippen molar-refractivity contribution in [1.82, 2.24) is 4.90 Å². The monoisotopic (exact) mass is 976 g/mol. The van der Waals surface area contributed by atoms with Crippen molar-refractivity contribution in [2.75, 3.05) is 92.9 Å². The zero-order chi connectivity index (χ0) is 50.1. The van der Waals surface area contributed by atoms with Crippen LogP contribution in [0.5, 0.6) is 0 Å². The third kappa shape index (κ3) is 17.0. The predicted molar refractivity (Wildman–Crippen MR) is 234 cm³/mol. The smallest absolute Gasteiger partial charge is 0.311 e. The molecule has 23 nitrogen and oxygen atoms in total. The van der Waals surface area contributed by atoms with Crippen molar-refractivity contribution in [2.24, 2.45) is 16.2 Å². The first-order valence-corrected chi connectivity index (χ1v) is 22.9. The fourth-order valence-corrected chi connectivity index (χ4v) is 8.46. The van der Waals surface area contributed by atoms with Gasteiger partial charge in [0.2, 0.25) is 5.91 Å². The number of aliphatic hydroxyl groups excluding tert-OH is 8. The van der Waals surface area contributed by atoms with Gasteiger partial charge in [-0.2, -0.15) is 0 Å². The highest BCUT2D eigenvalue weighted by Gasteiger charge is 2.52. The lowest BCUT2D eigenvalue weighted by Crippen LogP contribution is -2.64. The van der Waals surface area contributed by atoms with Gasteiger partial charge in [0, 0.05) is 22.9 Å². The first kappa shape index (κ1) is 58.6. The molecule has 3 fully saturated rings. The van der Waals surface area contributed by atoms with Crippen LogP contribution in [0.15, 0.2) is 0 Å². The van der Waals surface area contributed by atoms with Gasteiger partial charge in [0.25, 0.3) is 0 Å². The van der Waals surface area contributed by atoms with Gasteiger partial charge in [-0.3, -0.25) is 19.2 Å². The van der Waals surface area contributed by atoms with Crippen LogP contribution in [0.1, 0.15) is 76.5 Å². The zero-order valence-corrected chi connectivity index (χ0v) is 39.9. The second kappa shape index (κ2) is 27.6. The number of methoxy groups -OCH3 is 1. The number of carbonyl (C=O) groups is 4. The highest BCUT2D eigenvalue weighted by Crippen LogP contribution is 2.46. The van der Waals surface area contributed by atoms with Crippen molar-refractivity contribution in [3.8, 4) is 0 Å². The second-order valence-corrected chi connectivity index (χ2v) is 18.7. The van der Waals surface area contributed by atoms with E-state index in [1.54, 1.807) is 25.7 Å².